The normalized spacial score (nSPS) is 30.6. The molecule has 0 amide bonds. The molecule has 1 aromatic carbocycles. The summed E-state index contributed by atoms with van der Waals surface area (Å²) in [6.45, 7) is 2.33. The van der Waals surface area contributed by atoms with Crippen LogP contribution in [0.1, 0.15) is 43.7 Å². The van der Waals surface area contributed by atoms with Gasteiger partial charge in [-0.25, -0.2) is 0 Å². The van der Waals surface area contributed by atoms with E-state index in [1.807, 2.05) is 0 Å². The summed E-state index contributed by atoms with van der Waals surface area (Å²) in [5.74, 6) is 1.91. The molecule has 2 heteroatoms. The zero-order valence-electron chi connectivity index (χ0n) is 11.2. The summed E-state index contributed by atoms with van der Waals surface area (Å²) >= 11 is 0. The number of aryl methyl sites for hydroxylation is 1. The highest BCUT2D eigenvalue weighted by Gasteiger charge is 2.44. The number of hydrogen-bond acceptors (Lipinski definition) is 2. The molecule has 0 aromatic heterocycles. The number of carbonyl (C=O) groups excluding carboxylic acids is 1. The van der Waals surface area contributed by atoms with E-state index in [0.717, 1.165) is 37.9 Å². The molecular weight excluding hydrogens is 224 g/mol. The van der Waals surface area contributed by atoms with Crippen molar-refractivity contribution in [2.75, 3.05) is 7.11 Å². The standard InChI is InChI=1S/C16H20O2/c1-16-8-7-13(17)9-12(16)5-3-11-4-6-14(18-2)10-15(11)16/h4,6,10,12H,3,5,7-9H2,1-2H3/t12?,16-/m0/s1. The summed E-state index contributed by atoms with van der Waals surface area (Å²) in [6, 6.07) is 6.44. The van der Waals surface area contributed by atoms with Crippen LogP contribution >= 0.6 is 0 Å². The SMILES string of the molecule is COc1ccc2c(c1)[C@@]1(C)CCC(=O)CC1CC2. The third kappa shape index (κ3) is 1.66. The number of hydrogen-bond donors (Lipinski definition) is 0. The van der Waals surface area contributed by atoms with Gasteiger partial charge in [0.1, 0.15) is 11.5 Å². The number of fused-ring (bicyclic) bond motifs is 3. The average molecular weight is 244 g/mol. The van der Waals surface area contributed by atoms with Gasteiger partial charge in [0, 0.05) is 12.8 Å². The molecule has 18 heavy (non-hydrogen) atoms. The fraction of sp³-hybridized carbons (Fsp3) is 0.562. The highest BCUT2D eigenvalue weighted by molar-refractivity contribution is 5.80. The van der Waals surface area contributed by atoms with Crippen LogP contribution in [0.25, 0.3) is 0 Å². The average Bonchev–Trinajstić information content (AvgIpc) is 2.39. The van der Waals surface area contributed by atoms with Crippen molar-refractivity contribution in [1.29, 1.82) is 0 Å². The highest BCUT2D eigenvalue weighted by atomic mass is 16.5. The first-order chi connectivity index (χ1) is 8.63. The van der Waals surface area contributed by atoms with Gasteiger partial charge in [0.15, 0.2) is 0 Å². The van der Waals surface area contributed by atoms with Gasteiger partial charge in [-0.1, -0.05) is 13.0 Å². The third-order valence-electron chi connectivity index (χ3n) is 4.99. The maximum atomic E-state index is 11.7. The van der Waals surface area contributed by atoms with E-state index < -0.39 is 0 Å². The molecular formula is C16H20O2. The van der Waals surface area contributed by atoms with E-state index in [1.165, 1.54) is 11.1 Å². The van der Waals surface area contributed by atoms with Crippen LogP contribution < -0.4 is 4.74 Å². The molecule has 2 aliphatic carbocycles. The summed E-state index contributed by atoms with van der Waals surface area (Å²) in [7, 11) is 1.72. The predicted molar refractivity (Wildman–Crippen MR) is 71.0 cm³/mol. The Bertz CT molecular complexity index is 492. The molecule has 2 atom stereocenters. The van der Waals surface area contributed by atoms with Gasteiger partial charge in [0.2, 0.25) is 0 Å². The van der Waals surface area contributed by atoms with E-state index >= 15 is 0 Å². The molecule has 96 valence electrons. The predicted octanol–water partition coefficient (Wildman–Crippen LogP) is 3.27. The Kier molecular flexibility index (Phi) is 2.69. The van der Waals surface area contributed by atoms with Gasteiger partial charge in [-0.3, -0.25) is 4.79 Å². The molecule has 3 rings (SSSR count). The lowest BCUT2D eigenvalue weighted by Gasteiger charge is -2.46. The van der Waals surface area contributed by atoms with Crippen LogP contribution in [-0.4, -0.2) is 12.9 Å². The van der Waals surface area contributed by atoms with Crippen LogP contribution in [0.5, 0.6) is 5.75 Å². The zero-order chi connectivity index (χ0) is 12.8. The van der Waals surface area contributed by atoms with Crippen molar-refractivity contribution in [3.05, 3.63) is 29.3 Å². The van der Waals surface area contributed by atoms with E-state index in [-0.39, 0.29) is 5.41 Å². The number of ether oxygens (including phenoxy) is 1. The molecule has 0 heterocycles. The Labute approximate surface area is 108 Å². The largest absolute Gasteiger partial charge is 0.497 e. The van der Waals surface area contributed by atoms with Crippen molar-refractivity contribution in [3.8, 4) is 5.75 Å². The number of methoxy groups -OCH3 is 1. The maximum absolute atomic E-state index is 11.7. The summed E-state index contributed by atoms with van der Waals surface area (Å²) in [6.07, 6.45) is 4.77. The van der Waals surface area contributed by atoms with Crippen LogP contribution in [0, 0.1) is 5.92 Å². The van der Waals surface area contributed by atoms with Crippen molar-refractivity contribution in [2.24, 2.45) is 5.92 Å². The van der Waals surface area contributed by atoms with Crippen LogP contribution in [0.2, 0.25) is 0 Å². The van der Waals surface area contributed by atoms with Crippen LogP contribution in [0.4, 0.5) is 0 Å². The topological polar surface area (TPSA) is 26.3 Å². The second-order valence-electron chi connectivity index (χ2n) is 5.92. The lowest BCUT2D eigenvalue weighted by molar-refractivity contribution is -0.123. The van der Waals surface area contributed by atoms with Crippen molar-refractivity contribution in [2.45, 2.75) is 44.4 Å². The van der Waals surface area contributed by atoms with Crippen LogP contribution in [0.3, 0.4) is 0 Å². The van der Waals surface area contributed by atoms with Crippen LogP contribution in [0.15, 0.2) is 18.2 Å². The number of rotatable bonds is 1. The fourth-order valence-corrected chi connectivity index (χ4v) is 3.74. The van der Waals surface area contributed by atoms with Gasteiger partial charge < -0.3 is 4.74 Å². The fourth-order valence-electron chi connectivity index (χ4n) is 3.74. The second kappa shape index (κ2) is 4.11. The Balaban J connectivity index is 2.06. The zero-order valence-corrected chi connectivity index (χ0v) is 11.2. The summed E-state index contributed by atoms with van der Waals surface area (Å²) < 4.78 is 5.36. The number of ketones is 1. The Morgan fingerprint density at radius 3 is 2.94 bits per heavy atom. The van der Waals surface area contributed by atoms with Crippen LogP contribution in [-0.2, 0) is 16.6 Å². The molecule has 0 spiro atoms. The molecule has 1 fully saturated rings. The third-order valence-corrected chi connectivity index (χ3v) is 4.99. The first-order valence-electron chi connectivity index (χ1n) is 6.82. The minimum absolute atomic E-state index is 0.177. The van der Waals surface area contributed by atoms with Crippen molar-refractivity contribution < 1.29 is 9.53 Å². The van der Waals surface area contributed by atoms with Crippen molar-refractivity contribution >= 4 is 5.78 Å². The quantitative estimate of drug-likeness (QED) is 0.758. The Morgan fingerprint density at radius 1 is 1.33 bits per heavy atom. The minimum Gasteiger partial charge on any atom is -0.497 e. The van der Waals surface area contributed by atoms with E-state index in [4.69, 9.17) is 4.74 Å². The molecule has 0 saturated heterocycles. The Morgan fingerprint density at radius 2 is 2.17 bits per heavy atom. The number of benzene rings is 1. The van der Waals surface area contributed by atoms with E-state index in [2.05, 4.69) is 25.1 Å². The second-order valence-corrected chi connectivity index (χ2v) is 5.92. The van der Waals surface area contributed by atoms with Gasteiger partial charge in [0.25, 0.3) is 0 Å². The highest BCUT2D eigenvalue weighted by Crippen LogP contribution is 2.49. The molecule has 2 nitrogen and oxygen atoms in total. The van der Waals surface area contributed by atoms with E-state index in [0.29, 0.717) is 11.7 Å². The molecule has 1 aromatic rings. The van der Waals surface area contributed by atoms with Gasteiger partial charge in [-0.15, -0.1) is 0 Å². The first-order valence-corrected chi connectivity index (χ1v) is 6.82. The lowest BCUT2D eigenvalue weighted by atomic mass is 9.58. The lowest BCUT2D eigenvalue weighted by Crippen LogP contribution is -2.41. The molecule has 1 saturated carbocycles. The van der Waals surface area contributed by atoms with Crippen molar-refractivity contribution in [3.63, 3.8) is 0 Å². The Hall–Kier alpha value is -1.31. The number of Topliss-reactive ketones (excluding diaryl/α,β-unsaturated/α-hetero) is 1. The van der Waals surface area contributed by atoms with E-state index in [9.17, 15) is 4.79 Å². The minimum atomic E-state index is 0.177. The van der Waals surface area contributed by atoms with Gasteiger partial charge in [-0.05, 0) is 53.9 Å². The molecule has 0 bridgehead atoms. The molecule has 2 aliphatic rings. The molecule has 0 radical (unpaired) electrons. The molecule has 0 aliphatic heterocycles. The monoisotopic (exact) mass is 244 g/mol. The van der Waals surface area contributed by atoms with Gasteiger partial charge >= 0.3 is 0 Å². The summed E-state index contributed by atoms with van der Waals surface area (Å²) in [4.78, 5) is 11.7. The van der Waals surface area contributed by atoms with E-state index in [1.54, 1.807) is 7.11 Å². The molecule has 1 unspecified atom stereocenters. The van der Waals surface area contributed by atoms with Gasteiger partial charge in [0.05, 0.1) is 7.11 Å². The smallest absolute Gasteiger partial charge is 0.133 e. The number of carbonyl (C=O) groups is 1. The molecule has 0 N–H and O–H groups in total. The van der Waals surface area contributed by atoms with Gasteiger partial charge in [-0.2, -0.15) is 0 Å². The summed E-state index contributed by atoms with van der Waals surface area (Å²) in [5, 5.41) is 0. The van der Waals surface area contributed by atoms with Crippen molar-refractivity contribution in [1.82, 2.24) is 0 Å². The maximum Gasteiger partial charge on any atom is 0.133 e. The first kappa shape index (κ1) is 11.8. The summed E-state index contributed by atoms with van der Waals surface area (Å²) in [5.41, 5.74) is 3.05.